The molecule has 0 saturated carbocycles. The van der Waals surface area contributed by atoms with Crippen molar-refractivity contribution in [2.45, 2.75) is 38.2 Å². The number of nitrogens with two attached hydrogens (primary N) is 1. The van der Waals surface area contributed by atoms with Gasteiger partial charge in [-0.05, 0) is 37.1 Å². The highest BCUT2D eigenvalue weighted by Crippen LogP contribution is 2.32. The molecule has 0 fully saturated rings. The van der Waals surface area contributed by atoms with Crippen LogP contribution in [0.25, 0.3) is 10.4 Å². The molecule has 172 valence electrons. The van der Waals surface area contributed by atoms with Gasteiger partial charge in [0.25, 0.3) is 11.6 Å². The third-order valence-corrected chi connectivity index (χ3v) is 5.12. The molecule has 1 heterocycles. The van der Waals surface area contributed by atoms with E-state index in [0.717, 1.165) is 0 Å². The predicted molar refractivity (Wildman–Crippen MR) is 117 cm³/mol. The highest BCUT2D eigenvalue weighted by atomic mass is 16.6. The van der Waals surface area contributed by atoms with Crippen molar-refractivity contribution < 1.29 is 19.2 Å². The fourth-order valence-corrected chi connectivity index (χ4v) is 3.43. The molecule has 0 radical (unpaired) electrons. The molecule has 0 spiro atoms. The summed E-state index contributed by atoms with van der Waals surface area (Å²) in [6.45, 7) is 1.89. The Kier molecular flexibility index (Phi) is 8.96. The predicted octanol–water partition coefficient (Wildman–Crippen LogP) is 3.09. The summed E-state index contributed by atoms with van der Waals surface area (Å²) in [4.78, 5) is 38.1. The molecule has 12 heteroatoms. The third kappa shape index (κ3) is 6.56. The zero-order valence-electron chi connectivity index (χ0n) is 17.9. The minimum atomic E-state index is -1.47. The number of amides is 1. The molecule has 3 unspecified atom stereocenters. The van der Waals surface area contributed by atoms with Crippen LogP contribution in [0, 0.1) is 27.4 Å². The Morgan fingerprint density at radius 2 is 2.09 bits per heavy atom. The second kappa shape index (κ2) is 11.9. The van der Waals surface area contributed by atoms with E-state index in [0.29, 0.717) is 24.1 Å². The standard InChI is InChI=1S/C21H23N7O5/c1-13-18(17(9-11-25-13)14-5-7-16(8-6-14)28(31)32)21(30)33-19(20(23)29)15(12-22)4-2-3-10-26-27-24/h5-9,11,15,17,19,25H,2-4,10H2,1H3,(H2,23,29). The van der Waals surface area contributed by atoms with Gasteiger partial charge in [0.1, 0.15) is 0 Å². The van der Waals surface area contributed by atoms with E-state index in [2.05, 4.69) is 15.3 Å². The number of carbonyl (C=O) groups excluding carboxylic acids is 2. The van der Waals surface area contributed by atoms with Crippen LogP contribution in [0.2, 0.25) is 0 Å². The lowest BCUT2D eigenvalue weighted by atomic mass is 9.88. The normalized spacial score (nSPS) is 16.5. The summed E-state index contributed by atoms with van der Waals surface area (Å²) >= 11 is 0. The zero-order valence-corrected chi connectivity index (χ0v) is 17.9. The molecule has 0 aromatic heterocycles. The van der Waals surface area contributed by atoms with Gasteiger partial charge in [0.2, 0.25) is 0 Å². The minimum Gasteiger partial charge on any atom is -0.447 e. The Bertz CT molecular complexity index is 1050. The maximum Gasteiger partial charge on any atom is 0.337 e. The van der Waals surface area contributed by atoms with Gasteiger partial charge < -0.3 is 15.8 Å². The van der Waals surface area contributed by atoms with Crippen molar-refractivity contribution in [3.05, 3.63) is 73.9 Å². The average molecular weight is 453 g/mol. The molecule has 2 rings (SSSR count). The fourth-order valence-electron chi connectivity index (χ4n) is 3.43. The van der Waals surface area contributed by atoms with Crippen molar-refractivity contribution in [2.75, 3.05) is 6.54 Å². The van der Waals surface area contributed by atoms with Gasteiger partial charge in [-0.15, -0.1) is 0 Å². The number of nitriles is 1. The lowest BCUT2D eigenvalue weighted by Gasteiger charge is -2.26. The largest absolute Gasteiger partial charge is 0.447 e. The molecule has 1 aromatic carbocycles. The van der Waals surface area contributed by atoms with E-state index in [1.807, 2.05) is 6.07 Å². The number of hydrogen-bond acceptors (Lipinski definition) is 8. The number of allylic oxidation sites excluding steroid dienone is 2. The highest BCUT2D eigenvalue weighted by molar-refractivity contribution is 5.94. The number of non-ortho nitro benzene ring substituents is 1. The molecule has 3 atom stereocenters. The van der Waals surface area contributed by atoms with Gasteiger partial charge in [0.05, 0.1) is 22.5 Å². The molecule has 0 aliphatic carbocycles. The quantitative estimate of drug-likeness (QED) is 0.0975. The van der Waals surface area contributed by atoms with Gasteiger partial charge in [0.15, 0.2) is 6.10 Å². The van der Waals surface area contributed by atoms with Crippen LogP contribution >= 0.6 is 0 Å². The van der Waals surface area contributed by atoms with Crippen LogP contribution in [-0.2, 0) is 14.3 Å². The highest BCUT2D eigenvalue weighted by Gasteiger charge is 2.34. The molecule has 1 aliphatic rings. The number of benzene rings is 1. The third-order valence-electron chi connectivity index (χ3n) is 5.12. The number of nitro benzene ring substituents is 1. The van der Waals surface area contributed by atoms with E-state index >= 15 is 0 Å². The van der Waals surface area contributed by atoms with Gasteiger partial charge in [0, 0.05) is 35.2 Å². The minimum absolute atomic E-state index is 0.0902. The first kappa shape index (κ1) is 24.9. The summed E-state index contributed by atoms with van der Waals surface area (Å²) in [6, 6.07) is 7.69. The Balaban J connectivity index is 2.22. The van der Waals surface area contributed by atoms with Gasteiger partial charge >= 0.3 is 5.97 Å². The number of dihydropyridines is 1. The van der Waals surface area contributed by atoms with Crippen molar-refractivity contribution >= 4 is 17.6 Å². The van der Waals surface area contributed by atoms with Crippen LogP contribution in [0.3, 0.4) is 0 Å². The first-order valence-corrected chi connectivity index (χ1v) is 10.1. The molecule has 0 bridgehead atoms. The number of carbonyl (C=O) groups is 2. The SMILES string of the molecule is CC1=C(C(=O)OC(C(N)=O)C(C#N)CCCCN=[N+]=[N-])C(c2ccc([N+](=O)[O-])cc2)C=CN1. The van der Waals surface area contributed by atoms with E-state index in [4.69, 9.17) is 16.0 Å². The molecule has 0 saturated heterocycles. The topological polar surface area (TPSA) is 197 Å². The maximum absolute atomic E-state index is 13.1. The summed E-state index contributed by atoms with van der Waals surface area (Å²) < 4.78 is 5.41. The number of nitrogens with one attached hydrogen (secondary N) is 1. The number of unbranched alkanes of at least 4 members (excludes halogenated alkanes) is 1. The molecule has 1 aliphatic heterocycles. The van der Waals surface area contributed by atoms with E-state index in [-0.39, 0.29) is 24.2 Å². The number of hydrogen-bond donors (Lipinski definition) is 2. The number of primary amides is 1. The molecule has 1 amide bonds. The molecule has 3 N–H and O–H groups in total. The Hall–Kier alpha value is -4.36. The maximum atomic E-state index is 13.1. The van der Waals surface area contributed by atoms with Crippen molar-refractivity contribution in [1.82, 2.24) is 5.32 Å². The molecule has 1 aromatic rings. The Morgan fingerprint density at radius 3 is 2.67 bits per heavy atom. The Labute approximate surface area is 189 Å². The average Bonchev–Trinajstić information content (AvgIpc) is 2.80. The lowest BCUT2D eigenvalue weighted by molar-refractivity contribution is -0.384. The monoisotopic (exact) mass is 453 g/mol. The van der Waals surface area contributed by atoms with Crippen LogP contribution in [-0.4, -0.2) is 29.4 Å². The number of rotatable bonds is 11. The van der Waals surface area contributed by atoms with Gasteiger partial charge in [-0.3, -0.25) is 14.9 Å². The second-order valence-corrected chi connectivity index (χ2v) is 7.28. The summed E-state index contributed by atoms with van der Waals surface area (Å²) in [5, 5.41) is 26.7. The smallest absolute Gasteiger partial charge is 0.337 e. The number of ether oxygens (including phenoxy) is 1. The first-order chi connectivity index (χ1) is 15.8. The van der Waals surface area contributed by atoms with Crippen molar-refractivity contribution in [1.29, 1.82) is 5.26 Å². The number of nitrogens with zero attached hydrogens (tertiary/aromatic N) is 5. The fraction of sp³-hybridized carbons (Fsp3) is 0.381. The van der Waals surface area contributed by atoms with Crippen LogP contribution in [0.15, 0.2) is 52.9 Å². The van der Waals surface area contributed by atoms with Gasteiger partial charge in [-0.1, -0.05) is 29.7 Å². The lowest BCUT2D eigenvalue weighted by Crippen LogP contribution is -2.40. The van der Waals surface area contributed by atoms with Crippen molar-refractivity contribution in [2.24, 2.45) is 16.8 Å². The summed E-state index contributed by atoms with van der Waals surface area (Å²) in [7, 11) is 0. The molecular weight excluding hydrogens is 430 g/mol. The van der Waals surface area contributed by atoms with Crippen LogP contribution in [0.5, 0.6) is 0 Å². The second-order valence-electron chi connectivity index (χ2n) is 7.28. The molecule has 12 nitrogen and oxygen atoms in total. The zero-order chi connectivity index (χ0) is 24.4. The van der Waals surface area contributed by atoms with Crippen LogP contribution in [0.1, 0.15) is 37.7 Å². The molecular formula is C21H23N7O5. The van der Waals surface area contributed by atoms with E-state index in [1.165, 1.54) is 24.3 Å². The number of esters is 1. The van der Waals surface area contributed by atoms with E-state index < -0.39 is 34.7 Å². The van der Waals surface area contributed by atoms with E-state index in [1.54, 1.807) is 19.2 Å². The van der Waals surface area contributed by atoms with E-state index in [9.17, 15) is 25.0 Å². The van der Waals surface area contributed by atoms with Crippen LogP contribution < -0.4 is 11.1 Å². The van der Waals surface area contributed by atoms with Gasteiger partial charge in [-0.25, -0.2) is 4.79 Å². The number of nitro groups is 1. The summed E-state index contributed by atoms with van der Waals surface area (Å²) in [5.41, 5.74) is 14.9. The summed E-state index contributed by atoms with van der Waals surface area (Å²) in [5.74, 6) is -3.33. The van der Waals surface area contributed by atoms with Crippen LogP contribution in [0.4, 0.5) is 5.69 Å². The summed E-state index contributed by atoms with van der Waals surface area (Å²) in [6.07, 6.45) is 3.04. The van der Waals surface area contributed by atoms with Crippen molar-refractivity contribution in [3.63, 3.8) is 0 Å². The first-order valence-electron chi connectivity index (χ1n) is 10.1. The number of azide groups is 1. The molecule has 33 heavy (non-hydrogen) atoms. The van der Waals surface area contributed by atoms with Gasteiger partial charge in [-0.2, -0.15) is 5.26 Å². The van der Waals surface area contributed by atoms with Crippen molar-refractivity contribution in [3.8, 4) is 6.07 Å². The Morgan fingerprint density at radius 1 is 1.39 bits per heavy atom.